The summed E-state index contributed by atoms with van der Waals surface area (Å²) < 4.78 is 10.3. The zero-order valence-corrected chi connectivity index (χ0v) is 12.9. The van der Waals surface area contributed by atoms with E-state index in [1.165, 1.54) is 19.0 Å². The van der Waals surface area contributed by atoms with Crippen LogP contribution in [-0.4, -0.2) is 40.3 Å². The maximum atomic E-state index is 12.2. The number of tetrazole rings is 1. The molecule has 8 nitrogen and oxygen atoms in total. The molecule has 0 unspecified atom stereocenters. The number of ether oxygens (including phenoxy) is 2. The number of rotatable bonds is 7. The van der Waals surface area contributed by atoms with Crippen molar-refractivity contribution in [1.82, 2.24) is 20.2 Å². The molecule has 0 aliphatic rings. The summed E-state index contributed by atoms with van der Waals surface area (Å²) in [5, 5.41) is 14.4. The Balaban J connectivity index is 2.09. The molecule has 0 atom stereocenters. The lowest BCUT2D eigenvalue weighted by molar-refractivity contribution is 0.102. The summed E-state index contributed by atoms with van der Waals surface area (Å²) in [6.45, 7) is 2.75. The molecule has 0 fully saturated rings. The molecule has 0 saturated heterocycles. The number of aromatic nitrogens is 4. The highest BCUT2D eigenvalue weighted by Gasteiger charge is 2.12. The fraction of sp³-hybridized carbons (Fsp3) is 0.429. The van der Waals surface area contributed by atoms with E-state index in [9.17, 15) is 4.79 Å². The Morgan fingerprint density at radius 3 is 2.50 bits per heavy atom. The Kier molecular flexibility index (Phi) is 5.29. The molecule has 2 rings (SSSR count). The Morgan fingerprint density at radius 1 is 1.23 bits per heavy atom. The second-order valence-corrected chi connectivity index (χ2v) is 4.62. The van der Waals surface area contributed by atoms with E-state index in [1.54, 1.807) is 18.2 Å². The molecule has 0 radical (unpaired) electrons. The first kappa shape index (κ1) is 15.7. The van der Waals surface area contributed by atoms with E-state index in [0.717, 1.165) is 12.8 Å². The molecule has 22 heavy (non-hydrogen) atoms. The number of methoxy groups -OCH3 is 2. The maximum absolute atomic E-state index is 12.2. The Labute approximate surface area is 128 Å². The van der Waals surface area contributed by atoms with Crippen LogP contribution in [0.1, 0.15) is 30.1 Å². The van der Waals surface area contributed by atoms with Gasteiger partial charge >= 0.3 is 0 Å². The van der Waals surface area contributed by atoms with Gasteiger partial charge < -0.3 is 9.47 Å². The van der Waals surface area contributed by atoms with Crippen molar-refractivity contribution in [3.63, 3.8) is 0 Å². The third kappa shape index (κ3) is 3.94. The number of benzene rings is 1. The van der Waals surface area contributed by atoms with Crippen LogP contribution in [0.2, 0.25) is 0 Å². The molecular weight excluding hydrogens is 286 g/mol. The second-order valence-electron chi connectivity index (χ2n) is 4.62. The maximum Gasteiger partial charge on any atom is 0.270 e. The summed E-state index contributed by atoms with van der Waals surface area (Å²) in [6, 6.07) is 4.91. The number of hydrogen-bond acceptors (Lipinski definition) is 6. The van der Waals surface area contributed by atoms with Crippen LogP contribution >= 0.6 is 0 Å². The molecule has 0 aliphatic carbocycles. The molecule has 1 aromatic heterocycles. The number of nitrogens with one attached hydrogen (secondary N) is 1. The van der Waals surface area contributed by atoms with Crippen molar-refractivity contribution < 1.29 is 14.3 Å². The predicted octanol–water partition coefficient (Wildman–Crippen LogP) is 1.74. The lowest BCUT2D eigenvalue weighted by Crippen LogP contribution is -2.13. The van der Waals surface area contributed by atoms with Gasteiger partial charge in [-0.3, -0.25) is 10.1 Å². The molecular formula is C14H19N5O3. The summed E-state index contributed by atoms with van der Waals surface area (Å²) in [5.41, 5.74) is 0.390. The van der Waals surface area contributed by atoms with Crippen molar-refractivity contribution in [2.24, 2.45) is 0 Å². The summed E-state index contributed by atoms with van der Waals surface area (Å²) in [5.74, 6) is 0.878. The van der Waals surface area contributed by atoms with Crippen molar-refractivity contribution in [2.75, 3.05) is 19.5 Å². The minimum Gasteiger partial charge on any atom is -0.497 e. The average molecular weight is 305 g/mol. The monoisotopic (exact) mass is 305 g/mol. The number of aryl methyl sites for hydroxylation is 1. The van der Waals surface area contributed by atoms with Gasteiger partial charge in [0.2, 0.25) is 0 Å². The number of nitrogens with zero attached hydrogens (tertiary/aromatic N) is 4. The Hall–Kier alpha value is -2.64. The third-order valence-electron chi connectivity index (χ3n) is 3.00. The standard InChI is InChI=1S/C14H19N5O3/c1-4-5-6-19-17-14(16-18-19)15-13(20)10-7-11(21-2)9-12(8-10)22-3/h7-9H,4-6H2,1-3H3,(H,15,17,20). The number of anilines is 1. The van der Waals surface area contributed by atoms with E-state index < -0.39 is 0 Å². The van der Waals surface area contributed by atoms with Gasteiger partial charge in [0, 0.05) is 11.6 Å². The zero-order chi connectivity index (χ0) is 15.9. The fourth-order valence-corrected chi connectivity index (χ4v) is 1.80. The van der Waals surface area contributed by atoms with Gasteiger partial charge in [0.15, 0.2) is 0 Å². The largest absolute Gasteiger partial charge is 0.497 e. The molecule has 118 valence electrons. The molecule has 1 heterocycles. The minimum atomic E-state index is -0.354. The van der Waals surface area contributed by atoms with Crippen molar-refractivity contribution in [3.05, 3.63) is 23.8 Å². The van der Waals surface area contributed by atoms with E-state index in [1.807, 2.05) is 0 Å². The topological polar surface area (TPSA) is 91.2 Å². The van der Waals surface area contributed by atoms with Gasteiger partial charge in [0.25, 0.3) is 11.9 Å². The van der Waals surface area contributed by atoms with Crippen LogP contribution < -0.4 is 14.8 Å². The van der Waals surface area contributed by atoms with Gasteiger partial charge in [-0.25, -0.2) is 0 Å². The zero-order valence-electron chi connectivity index (χ0n) is 12.9. The van der Waals surface area contributed by atoms with Gasteiger partial charge in [-0.2, -0.15) is 4.80 Å². The number of amides is 1. The molecule has 8 heteroatoms. The Bertz CT molecular complexity index is 619. The molecule has 2 aromatic rings. The van der Waals surface area contributed by atoms with Crippen molar-refractivity contribution in [3.8, 4) is 11.5 Å². The molecule has 0 saturated carbocycles. The number of unbranched alkanes of at least 4 members (excludes halogenated alkanes) is 1. The van der Waals surface area contributed by atoms with Crippen molar-refractivity contribution in [2.45, 2.75) is 26.3 Å². The van der Waals surface area contributed by atoms with Crippen LogP contribution in [0.15, 0.2) is 18.2 Å². The van der Waals surface area contributed by atoms with Crippen LogP contribution in [0.25, 0.3) is 0 Å². The Morgan fingerprint density at radius 2 is 1.91 bits per heavy atom. The first-order valence-corrected chi connectivity index (χ1v) is 6.98. The predicted molar refractivity (Wildman–Crippen MR) is 80.2 cm³/mol. The van der Waals surface area contributed by atoms with E-state index >= 15 is 0 Å². The highest BCUT2D eigenvalue weighted by Crippen LogP contribution is 2.22. The lowest BCUT2D eigenvalue weighted by Gasteiger charge is -2.07. The lowest BCUT2D eigenvalue weighted by atomic mass is 10.2. The van der Waals surface area contributed by atoms with E-state index in [4.69, 9.17) is 9.47 Å². The van der Waals surface area contributed by atoms with E-state index in [-0.39, 0.29) is 11.9 Å². The summed E-state index contributed by atoms with van der Waals surface area (Å²) >= 11 is 0. The first-order valence-electron chi connectivity index (χ1n) is 6.98. The highest BCUT2D eigenvalue weighted by molar-refractivity contribution is 6.03. The first-order chi connectivity index (χ1) is 10.7. The van der Waals surface area contributed by atoms with Gasteiger partial charge in [-0.1, -0.05) is 18.4 Å². The van der Waals surface area contributed by atoms with Gasteiger partial charge in [0.1, 0.15) is 11.5 Å². The average Bonchev–Trinajstić information content (AvgIpc) is 2.99. The van der Waals surface area contributed by atoms with E-state index in [0.29, 0.717) is 23.6 Å². The van der Waals surface area contributed by atoms with Crippen molar-refractivity contribution >= 4 is 11.9 Å². The van der Waals surface area contributed by atoms with Crippen LogP contribution in [0, 0.1) is 0 Å². The quantitative estimate of drug-likeness (QED) is 0.838. The molecule has 1 amide bonds. The van der Waals surface area contributed by atoms with Gasteiger partial charge in [-0.05, 0) is 23.8 Å². The van der Waals surface area contributed by atoms with Crippen LogP contribution in [0.3, 0.4) is 0 Å². The van der Waals surface area contributed by atoms with Gasteiger partial charge in [-0.15, -0.1) is 5.10 Å². The number of carbonyl (C=O) groups is 1. The normalized spacial score (nSPS) is 10.3. The third-order valence-corrected chi connectivity index (χ3v) is 3.00. The molecule has 0 aliphatic heterocycles. The van der Waals surface area contributed by atoms with Crippen LogP contribution in [-0.2, 0) is 6.54 Å². The fourth-order valence-electron chi connectivity index (χ4n) is 1.80. The smallest absolute Gasteiger partial charge is 0.270 e. The van der Waals surface area contributed by atoms with Crippen molar-refractivity contribution in [1.29, 1.82) is 0 Å². The minimum absolute atomic E-state index is 0.169. The number of carbonyl (C=O) groups excluding carboxylic acids is 1. The molecule has 0 bridgehead atoms. The van der Waals surface area contributed by atoms with Crippen LogP contribution in [0.4, 0.5) is 5.95 Å². The number of hydrogen-bond donors (Lipinski definition) is 1. The molecule has 1 aromatic carbocycles. The molecule has 0 spiro atoms. The summed E-state index contributed by atoms with van der Waals surface area (Å²) in [6.07, 6.45) is 1.99. The summed E-state index contributed by atoms with van der Waals surface area (Å²) in [7, 11) is 3.05. The van der Waals surface area contributed by atoms with Gasteiger partial charge in [0.05, 0.1) is 20.8 Å². The highest BCUT2D eigenvalue weighted by atomic mass is 16.5. The van der Waals surface area contributed by atoms with E-state index in [2.05, 4.69) is 27.7 Å². The SMILES string of the molecule is CCCCn1nnc(NC(=O)c2cc(OC)cc(OC)c2)n1. The summed E-state index contributed by atoms with van der Waals surface area (Å²) in [4.78, 5) is 13.7. The second kappa shape index (κ2) is 7.39. The van der Waals surface area contributed by atoms with Crippen LogP contribution in [0.5, 0.6) is 11.5 Å². The molecule has 1 N–H and O–H groups in total.